The molecule has 1 fully saturated rings. The molecule has 0 aliphatic carbocycles. The molecule has 1 aliphatic heterocycles. The number of nitrogens with zero attached hydrogens (tertiary/aromatic N) is 1. The van der Waals surface area contributed by atoms with E-state index in [1.807, 2.05) is 32.0 Å². The molecule has 162 valence electrons. The van der Waals surface area contributed by atoms with Crippen LogP contribution in [-0.2, 0) is 19.1 Å². The van der Waals surface area contributed by atoms with Crippen LogP contribution >= 0.6 is 11.6 Å². The summed E-state index contributed by atoms with van der Waals surface area (Å²) in [4.78, 5) is 48.8. The fraction of sp³-hybridized carbons (Fsp3) is 0.273. The number of rotatable bonds is 6. The molecule has 1 atom stereocenters. The van der Waals surface area contributed by atoms with E-state index in [-0.39, 0.29) is 13.0 Å². The molecular formula is C22H22ClN3O5. The van der Waals surface area contributed by atoms with E-state index < -0.39 is 36.2 Å². The maximum absolute atomic E-state index is 12.3. The van der Waals surface area contributed by atoms with Crippen molar-refractivity contribution in [2.24, 2.45) is 5.92 Å². The van der Waals surface area contributed by atoms with Crippen LogP contribution in [0.3, 0.4) is 0 Å². The smallest absolute Gasteiger partial charge is 0.311 e. The predicted molar refractivity (Wildman–Crippen MR) is 114 cm³/mol. The maximum Gasteiger partial charge on any atom is 0.311 e. The van der Waals surface area contributed by atoms with Gasteiger partial charge in [-0.25, -0.2) is 0 Å². The zero-order valence-corrected chi connectivity index (χ0v) is 17.9. The molecule has 0 unspecified atom stereocenters. The number of carbonyl (C=O) groups excluding carboxylic acids is 4. The second kappa shape index (κ2) is 9.61. The van der Waals surface area contributed by atoms with Gasteiger partial charge in [-0.05, 0) is 55.3 Å². The van der Waals surface area contributed by atoms with Crippen molar-refractivity contribution in [1.82, 2.24) is 10.4 Å². The lowest BCUT2D eigenvalue weighted by atomic mass is 10.1. The number of carbonyl (C=O) groups is 4. The molecular weight excluding hydrogens is 422 g/mol. The van der Waals surface area contributed by atoms with E-state index in [1.54, 1.807) is 12.1 Å². The highest BCUT2D eigenvalue weighted by atomic mass is 35.5. The summed E-state index contributed by atoms with van der Waals surface area (Å²) in [6.07, 6.45) is -0.113. The van der Waals surface area contributed by atoms with E-state index in [0.29, 0.717) is 16.3 Å². The monoisotopic (exact) mass is 443 g/mol. The molecule has 1 heterocycles. The normalized spacial score (nSPS) is 15.5. The largest absolute Gasteiger partial charge is 0.455 e. The highest BCUT2D eigenvalue weighted by molar-refractivity contribution is 6.30. The maximum atomic E-state index is 12.3. The van der Waals surface area contributed by atoms with Crippen LogP contribution in [0.5, 0.6) is 0 Å². The van der Waals surface area contributed by atoms with E-state index >= 15 is 0 Å². The minimum absolute atomic E-state index is 0.0321. The fourth-order valence-electron chi connectivity index (χ4n) is 3.07. The molecule has 3 rings (SSSR count). The van der Waals surface area contributed by atoms with Gasteiger partial charge in [-0.3, -0.25) is 29.6 Å². The molecule has 0 bridgehead atoms. The first-order valence-electron chi connectivity index (χ1n) is 9.63. The third kappa shape index (κ3) is 5.82. The van der Waals surface area contributed by atoms with Crippen molar-refractivity contribution in [3.63, 3.8) is 0 Å². The topological polar surface area (TPSA) is 105 Å². The molecule has 9 heteroatoms. The van der Waals surface area contributed by atoms with Crippen LogP contribution in [0.1, 0.15) is 27.9 Å². The lowest BCUT2D eigenvalue weighted by molar-refractivity contribution is -0.151. The number of halogens is 1. The van der Waals surface area contributed by atoms with Gasteiger partial charge in [0.1, 0.15) is 0 Å². The summed E-state index contributed by atoms with van der Waals surface area (Å²) in [5, 5.41) is 4.27. The molecule has 3 amide bonds. The molecule has 0 radical (unpaired) electrons. The zero-order valence-electron chi connectivity index (χ0n) is 17.1. The lowest BCUT2D eigenvalue weighted by Gasteiger charge is -2.17. The van der Waals surface area contributed by atoms with Gasteiger partial charge in [0.15, 0.2) is 6.61 Å². The Hall–Kier alpha value is -3.39. The first kappa shape index (κ1) is 22.3. The van der Waals surface area contributed by atoms with Gasteiger partial charge in [-0.1, -0.05) is 23.7 Å². The van der Waals surface area contributed by atoms with E-state index in [1.165, 1.54) is 12.1 Å². The molecule has 0 spiro atoms. The van der Waals surface area contributed by atoms with Crippen LogP contribution in [0, 0.1) is 19.8 Å². The molecule has 2 aromatic rings. The van der Waals surface area contributed by atoms with Crippen molar-refractivity contribution >= 4 is 41.0 Å². The molecule has 31 heavy (non-hydrogen) atoms. The third-order valence-electron chi connectivity index (χ3n) is 4.81. The molecule has 0 saturated carbocycles. The average molecular weight is 444 g/mol. The van der Waals surface area contributed by atoms with Crippen LogP contribution in [0.25, 0.3) is 0 Å². The van der Waals surface area contributed by atoms with E-state index in [0.717, 1.165) is 16.1 Å². The Kier molecular flexibility index (Phi) is 6.91. The average Bonchev–Trinajstić information content (AvgIpc) is 3.09. The molecule has 1 aliphatic rings. The van der Waals surface area contributed by atoms with Crippen LogP contribution in [0.15, 0.2) is 42.5 Å². The van der Waals surface area contributed by atoms with E-state index in [2.05, 4.69) is 10.7 Å². The molecule has 2 N–H and O–H groups in total. The van der Waals surface area contributed by atoms with Gasteiger partial charge < -0.3 is 10.1 Å². The van der Waals surface area contributed by atoms with Crippen molar-refractivity contribution in [2.75, 3.05) is 18.5 Å². The summed E-state index contributed by atoms with van der Waals surface area (Å²) >= 11 is 5.80. The predicted octanol–water partition coefficient (Wildman–Crippen LogP) is 2.63. The molecule has 8 nitrogen and oxygen atoms in total. The third-order valence-corrected chi connectivity index (χ3v) is 5.07. The minimum atomic E-state index is -0.772. The van der Waals surface area contributed by atoms with Gasteiger partial charge in [0.05, 0.1) is 12.5 Å². The Morgan fingerprint density at radius 1 is 1.13 bits per heavy atom. The van der Waals surface area contributed by atoms with Crippen molar-refractivity contribution in [3.05, 3.63) is 64.2 Å². The fourth-order valence-corrected chi connectivity index (χ4v) is 3.20. The van der Waals surface area contributed by atoms with Crippen LogP contribution < -0.4 is 10.7 Å². The Bertz CT molecular complexity index is 1020. The van der Waals surface area contributed by atoms with Gasteiger partial charge in [0, 0.05) is 22.7 Å². The van der Waals surface area contributed by atoms with Gasteiger partial charge in [-0.15, -0.1) is 0 Å². The Balaban J connectivity index is 1.49. The van der Waals surface area contributed by atoms with Crippen molar-refractivity contribution in [3.8, 4) is 0 Å². The standard InChI is InChI=1S/C22H22ClN3O5/c1-13-3-4-14(2)18(9-13)24-19(27)12-31-22(30)16-10-20(28)26(11-16)25-21(29)15-5-7-17(23)8-6-15/h3-9,16H,10-12H2,1-2H3,(H,24,27)(H,25,29)/t16-/m1/s1. The van der Waals surface area contributed by atoms with Crippen LogP contribution in [0.4, 0.5) is 5.69 Å². The zero-order chi connectivity index (χ0) is 22.5. The summed E-state index contributed by atoms with van der Waals surface area (Å²) in [6.45, 7) is 3.27. The van der Waals surface area contributed by atoms with Gasteiger partial charge >= 0.3 is 5.97 Å². The highest BCUT2D eigenvalue weighted by Crippen LogP contribution is 2.19. The first-order valence-corrected chi connectivity index (χ1v) is 10.0. The van der Waals surface area contributed by atoms with Gasteiger partial charge in [-0.2, -0.15) is 0 Å². The number of hydrazine groups is 1. The van der Waals surface area contributed by atoms with Crippen LogP contribution in [0.2, 0.25) is 5.02 Å². The number of hydrogen-bond donors (Lipinski definition) is 2. The number of amides is 3. The van der Waals surface area contributed by atoms with Crippen molar-refractivity contribution in [1.29, 1.82) is 0 Å². The summed E-state index contributed by atoms with van der Waals surface area (Å²) in [7, 11) is 0. The molecule has 0 aromatic heterocycles. The Morgan fingerprint density at radius 3 is 2.55 bits per heavy atom. The second-order valence-electron chi connectivity index (χ2n) is 7.33. The minimum Gasteiger partial charge on any atom is -0.455 e. The number of anilines is 1. The highest BCUT2D eigenvalue weighted by Gasteiger charge is 2.36. The lowest BCUT2D eigenvalue weighted by Crippen LogP contribution is -2.43. The summed E-state index contributed by atoms with van der Waals surface area (Å²) < 4.78 is 5.07. The van der Waals surface area contributed by atoms with Gasteiger partial charge in [0.2, 0.25) is 5.91 Å². The number of hydrogen-bond acceptors (Lipinski definition) is 5. The van der Waals surface area contributed by atoms with E-state index in [4.69, 9.17) is 16.3 Å². The van der Waals surface area contributed by atoms with Gasteiger partial charge in [0.25, 0.3) is 11.8 Å². The van der Waals surface area contributed by atoms with E-state index in [9.17, 15) is 19.2 Å². The number of benzene rings is 2. The Morgan fingerprint density at radius 2 is 1.84 bits per heavy atom. The van der Waals surface area contributed by atoms with Crippen molar-refractivity contribution in [2.45, 2.75) is 20.3 Å². The SMILES string of the molecule is Cc1ccc(C)c(NC(=O)COC(=O)[C@@H]2CC(=O)N(NC(=O)c3ccc(Cl)cc3)C2)c1. The quantitative estimate of drug-likeness (QED) is 0.668. The second-order valence-corrected chi connectivity index (χ2v) is 7.76. The molecule has 1 saturated heterocycles. The number of esters is 1. The first-order chi connectivity index (χ1) is 14.7. The summed E-state index contributed by atoms with van der Waals surface area (Å²) in [5.74, 6) is -2.82. The number of nitrogens with one attached hydrogen (secondary N) is 2. The Labute approximate surface area is 184 Å². The van der Waals surface area contributed by atoms with Crippen molar-refractivity contribution < 1.29 is 23.9 Å². The van der Waals surface area contributed by atoms with Crippen LogP contribution in [-0.4, -0.2) is 41.9 Å². The summed E-state index contributed by atoms with van der Waals surface area (Å²) in [6, 6.07) is 11.8. The summed E-state index contributed by atoms with van der Waals surface area (Å²) in [5.41, 5.74) is 5.32. The molecule has 2 aromatic carbocycles. The number of ether oxygens (including phenoxy) is 1. The number of aryl methyl sites for hydroxylation is 2.